The molecule has 0 aliphatic rings. The van der Waals surface area contributed by atoms with E-state index in [-0.39, 0.29) is 13.0 Å². The maximum Gasteiger partial charge on any atom is 0.326 e. The second kappa shape index (κ2) is 10.7. The van der Waals surface area contributed by atoms with Crippen molar-refractivity contribution in [1.82, 2.24) is 20.6 Å². The highest BCUT2D eigenvalue weighted by molar-refractivity contribution is 7.80. The van der Waals surface area contributed by atoms with E-state index in [1.54, 1.807) is 0 Å². The van der Waals surface area contributed by atoms with Gasteiger partial charge in [0.1, 0.15) is 12.1 Å². The zero-order valence-corrected chi connectivity index (χ0v) is 14.1. The number of amides is 2. The molecule has 6 N–H and O–H groups in total. The molecule has 0 aliphatic heterocycles. The number of nitrogens with one attached hydrogen (secondary N) is 3. The number of nitrogens with zero attached hydrogens (tertiary/aromatic N) is 1. The van der Waals surface area contributed by atoms with Gasteiger partial charge in [0.15, 0.2) is 0 Å². The Bertz CT molecular complexity index is 537. The van der Waals surface area contributed by atoms with E-state index >= 15 is 0 Å². The molecule has 0 spiro atoms. The van der Waals surface area contributed by atoms with Crippen molar-refractivity contribution in [2.24, 2.45) is 5.73 Å². The van der Waals surface area contributed by atoms with Gasteiger partial charge in [0.2, 0.25) is 11.8 Å². The number of imidazole rings is 1. The van der Waals surface area contributed by atoms with Crippen molar-refractivity contribution in [3.8, 4) is 0 Å². The molecule has 24 heavy (non-hydrogen) atoms. The number of carbonyl (C=O) groups is 3. The predicted molar refractivity (Wildman–Crippen MR) is 90.5 cm³/mol. The van der Waals surface area contributed by atoms with Gasteiger partial charge in [-0.3, -0.25) is 9.59 Å². The summed E-state index contributed by atoms with van der Waals surface area (Å²) in [6.07, 6.45) is 4.80. The van der Waals surface area contributed by atoms with Crippen molar-refractivity contribution < 1.29 is 19.5 Å². The molecule has 1 aromatic rings. The molecule has 134 valence electrons. The summed E-state index contributed by atoms with van der Waals surface area (Å²) >= 11 is 4.07. The number of aromatic amines is 1. The third-order valence-corrected chi connectivity index (χ3v) is 3.65. The van der Waals surface area contributed by atoms with Gasteiger partial charge in [0.05, 0.1) is 12.9 Å². The van der Waals surface area contributed by atoms with Gasteiger partial charge in [-0.1, -0.05) is 0 Å². The van der Waals surface area contributed by atoms with Gasteiger partial charge < -0.3 is 26.5 Å². The van der Waals surface area contributed by atoms with Gasteiger partial charge in [0.25, 0.3) is 0 Å². The molecular weight excluding hydrogens is 334 g/mol. The molecule has 2 amide bonds. The zero-order valence-electron chi connectivity index (χ0n) is 13.2. The van der Waals surface area contributed by atoms with E-state index in [0.29, 0.717) is 24.3 Å². The molecule has 0 bridgehead atoms. The Morgan fingerprint density at radius 2 is 2.04 bits per heavy atom. The van der Waals surface area contributed by atoms with E-state index < -0.39 is 29.9 Å². The van der Waals surface area contributed by atoms with Crippen LogP contribution in [0.3, 0.4) is 0 Å². The van der Waals surface area contributed by atoms with Gasteiger partial charge in [-0.15, -0.1) is 0 Å². The number of aromatic nitrogens is 2. The highest BCUT2D eigenvalue weighted by atomic mass is 32.1. The Morgan fingerprint density at radius 3 is 2.58 bits per heavy atom. The number of rotatable bonds is 11. The van der Waals surface area contributed by atoms with E-state index in [1.165, 1.54) is 12.5 Å². The Morgan fingerprint density at radius 1 is 1.29 bits per heavy atom. The Balaban J connectivity index is 2.73. The molecule has 0 saturated heterocycles. The second-order valence-electron chi connectivity index (χ2n) is 5.22. The number of nitrogens with two attached hydrogens (primary N) is 1. The fourth-order valence-corrected chi connectivity index (χ4v) is 2.29. The lowest BCUT2D eigenvalue weighted by molar-refractivity contribution is -0.142. The molecule has 1 heterocycles. The summed E-state index contributed by atoms with van der Waals surface area (Å²) in [6, 6.07) is -1.95. The van der Waals surface area contributed by atoms with Crippen molar-refractivity contribution in [2.75, 3.05) is 12.3 Å². The highest BCUT2D eigenvalue weighted by Gasteiger charge is 2.26. The molecule has 1 rings (SSSR count). The summed E-state index contributed by atoms with van der Waals surface area (Å²) in [6.45, 7) is -0.267. The van der Waals surface area contributed by atoms with E-state index in [9.17, 15) is 19.5 Å². The van der Waals surface area contributed by atoms with Crippen LogP contribution in [0.4, 0.5) is 0 Å². The number of unbranched alkanes of at least 4 members (excludes halogenated alkanes) is 1. The minimum absolute atomic E-state index is 0.153. The summed E-state index contributed by atoms with van der Waals surface area (Å²) in [5.74, 6) is -1.55. The van der Waals surface area contributed by atoms with Crippen LogP contribution in [-0.2, 0) is 20.8 Å². The van der Waals surface area contributed by atoms with Crippen LogP contribution in [-0.4, -0.2) is 57.2 Å². The van der Waals surface area contributed by atoms with E-state index in [1.807, 2.05) is 0 Å². The SMILES string of the molecule is NCC(=O)N[C@@H](Cc1cnc[nH]1)C(=O)N[C@@H](CCCCS)C(=O)O. The van der Waals surface area contributed by atoms with Crippen LogP contribution in [0.2, 0.25) is 0 Å². The van der Waals surface area contributed by atoms with Crippen molar-refractivity contribution in [3.63, 3.8) is 0 Å². The maximum absolute atomic E-state index is 12.4. The number of thiol groups is 1. The number of hydrogen-bond acceptors (Lipinski definition) is 6. The zero-order chi connectivity index (χ0) is 17.9. The van der Waals surface area contributed by atoms with E-state index in [4.69, 9.17) is 5.73 Å². The number of aliphatic carboxylic acids is 1. The molecule has 0 aromatic carbocycles. The molecular formula is C14H23N5O4S. The van der Waals surface area contributed by atoms with Crippen molar-refractivity contribution in [3.05, 3.63) is 18.2 Å². The first kappa shape index (κ1) is 20.0. The lowest BCUT2D eigenvalue weighted by Gasteiger charge is -2.21. The Labute approximate surface area is 145 Å². The number of carbonyl (C=O) groups excluding carboxylic acids is 2. The van der Waals surface area contributed by atoms with Gasteiger partial charge >= 0.3 is 5.97 Å². The van der Waals surface area contributed by atoms with Gasteiger partial charge in [0, 0.05) is 18.3 Å². The van der Waals surface area contributed by atoms with Gasteiger partial charge in [-0.05, 0) is 25.0 Å². The minimum Gasteiger partial charge on any atom is -0.480 e. The summed E-state index contributed by atoms with van der Waals surface area (Å²) in [5.41, 5.74) is 5.89. The fourth-order valence-electron chi connectivity index (χ4n) is 2.07. The summed E-state index contributed by atoms with van der Waals surface area (Å²) in [4.78, 5) is 41.9. The first-order chi connectivity index (χ1) is 11.5. The Hall–Kier alpha value is -2.07. The quantitative estimate of drug-likeness (QED) is 0.222. The monoisotopic (exact) mass is 357 g/mol. The largest absolute Gasteiger partial charge is 0.480 e. The molecule has 0 fully saturated rings. The average molecular weight is 357 g/mol. The normalized spacial score (nSPS) is 13.1. The third kappa shape index (κ3) is 7.01. The van der Waals surface area contributed by atoms with Crippen LogP contribution in [0, 0.1) is 0 Å². The first-order valence-electron chi connectivity index (χ1n) is 7.58. The van der Waals surface area contributed by atoms with Crippen LogP contribution >= 0.6 is 12.6 Å². The number of carboxylic acid groups (broad SMARTS) is 1. The first-order valence-corrected chi connectivity index (χ1v) is 8.21. The fraction of sp³-hybridized carbons (Fsp3) is 0.571. The van der Waals surface area contributed by atoms with Crippen LogP contribution in [0.25, 0.3) is 0 Å². The predicted octanol–water partition coefficient (Wildman–Crippen LogP) is -0.935. The standard InChI is InChI=1S/C14H23N5O4S/c15-6-12(20)18-11(5-9-7-16-8-17-9)13(21)19-10(14(22)23)3-1-2-4-24/h7-8,10-11,24H,1-6,15H2,(H,16,17)(H,18,20)(H,19,21)(H,22,23)/t10-,11-/m0/s1. The van der Waals surface area contributed by atoms with Crippen molar-refractivity contribution in [2.45, 2.75) is 37.8 Å². The maximum atomic E-state index is 12.4. The number of H-pyrrole nitrogens is 1. The van der Waals surface area contributed by atoms with Crippen molar-refractivity contribution >= 4 is 30.4 Å². The van der Waals surface area contributed by atoms with Crippen LogP contribution < -0.4 is 16.4 Å². The van der Waals surface area contributed by atoms with E-state index in [0.717, 1.165) is 6.42 Å². The molecule has 0 saturated carbocycles. The van der Waals surface area contributed by atoms with Crippen LogP contribution in [0.1, 0.15) is 25.0 Å². The smallest absolute Gasteiger partial charge is 0.326 e. The molecule has 9 nitrogen and oxygen atoms in total. The van der Waals surface area contributed by atoms with E-state index in [2.05, 4.69) is 33.2 Å². The molecule has 10 heteroatoms. The minimum atomic E-state index is -1.12. The molecule has 0 aliphatic carbocycles. The second-order valence-corrected chi connectivity index (χ2v) is 5.67. The van der Waals surface area contributed by atoms with Crippen molar-refractivity contribution in [1.29, 1.82) is 0 Å². The van der Waals surface area contributed by atoms with Crippen LogP contribution in [0.15, 0.2) is 12.5 Å². The third-order valence-electron chi connectivity index (χ3n) is 3.33. The number of carboxylic acids is 1. The van der Waals surface area contributed by atoms with Gasteiger partial charge in [-0.2, -0.15) is 12.6 Å². The number of hydrogen-bond donors (Lipinski definition) is 6. The average Bonchev–Trinajstić information content (AvgIpc) is 3.06. The molecule has 0 radical (unpaired) electrons. The molecule has 1 aromatic heterocycles. The molecule has 0 unspecified atom stereocenters. The van der Waals surface area contributed by atoms with Gasteiger partial charge in [-0.25, -0.2) is 9.78 Å². The molecule has 2 atom stereocenters. The topological polar surface area (TPSA) is 150 Å². The highest BCUT2D eigenvalue weighted by Crippen LogP contribution is 2.05. The summed E-state index contributed by atoms with van der Waals surface area (Å²) in [7, 11) is 0. The lowest BCUT2D eigenvalue weighted by Crippen LogP contribution is -2.53. The lowest BCUT2D eigenvalue weighted by atomic mass is 10.1. The summed E-state index contributed by atoms with van der Waals surface area (Å²) < 4.78 is 0. The summed E-state index contributed by atoms with van der Waals surface area (Å²) in [5, 5.41) is 14.2. The Kier molecular flexibility index (Phi) is 8.87. The van der Waals surface area contributed by atoms with Crippen LogP contribution in [0.5, 0.6) is 0 Å².